The number of carbonyl (C=O) groups is 5. The van der Waals surface area contributed by atoms with E-state index in [9.17, 15) is 24.0 Å². The minimum absolute atomic E-state index is 0. The van der Waals surface area contributed by atoms with Gasteiger partial charge in [-0.25, -0.2) is 0 Å². The van der Waals surface area contributed by atoms with Gasteiger partial charge in [0.2, 0.25) is 0 Å². The van der Waals surface area contributed by atoms with Crippen molar-refractivity contribution in [2.75, 3.05) is 33.4 Å². The van der Waals surface area contributed by atoms with Gasteiger partial charge in [-0.3, -0.25) is 28.9 Å². The molecule has 0 bridgehead atoms. The molecule has 0 aliphatic heterocycles. The van der Waals surface area contributed by atoms with E-state index in [-0.39, 0.29) is 58.6 Å². The number of ether oxygens (including phenoxy) is 1. The number of hydrogen-bond donors (Lipinski definition) is 1. The van der Waals surface area contributed by atoms with E-state index < -0.39 is 0 Å². The van der Waals surface area contributed by atoms with Gasteiger partial charge in [0.1, 0.15) is 6.11 Å². The summed E-state index contributed by atoms with van der Waals surface area (Å²) >= 11 is 0. The first kappa shape index (κ1) is 72.2. The number of allylic oxidation sites excluding steroid dienone is 4. The molecule has 0 fully saturated rings. The Hall–Kier alpha value is -4.45. The van der Waals surface area contributed by atoms with Crippen LogP contribution in [0, 0.1) is 12.0 Å². The van der Waals surface area contributed by atoms with E-state index in [1.54, 1.807) is 41.7 Å². The van der Waals surface area contributed by atoms with Crippen LogP contribution in [0.4, 0.5) is 0 Å². The molecule has 0 aromatic heterocycles. The van der Waals surface area contributed by atoms with E-state index in [1.165, 1.54) is 12.5 Å². The van der Waals surface area contributed by atoms with E-state index in [1.807, 2.05) is 24.3 Å². The highest BCUT2D eigenvalue weighted by molar-refractivity contribution is 5.94. The highest BCUT2D eigenvalue weighted by Crippen LogP contribution is 2.10. The van der Waals surface area contributed by atoms with E-state index in [0.717, 1.165) is 95.9 Å². The number of aliphatic hydroxyl groups is 1. The molecule has 0 aliphatic rings. The van der Waals surface area contributed by atoms with E-state index in [0.29, 0.717) is 28.8 Å². The van der Waals surface area contributed by atoms with Crippen molar-refractivity contribution in [3.8, 4) is 12.0 Å². The minimum atomic E-state index is 0. The van der Waals surface area contributed by atoms with Crippen LogP contribution < -0.4 is 0 Å². The second-order valence-corrected chi connectivity index (χ2v) is 13.1. The maximum absolute atomic E-state index is 10.9. The van der Waals surface area contributed by atoms with Crippen molar-refractivity contribution in [1.29, 1.82) is 0 Å². The molecule has 1 aromatic carbocycles. The second-order valence-electron chi connectivity index (χ2n) is 13.1. The first-order chi connectivity index (χ1) is 25.8. The van der Waals surface area contributed by atoms with Gasteiger partial charge >= 0.3 is 0 Å². The average Bonchev–Trinajstić information content (AvgIpc) is 3.15. The molecule has 59 heavy (non-hydrogen) atoms. The molecule has 1 rings (SSSR count). The van der Waals surface area contributed by atoms with Gasteiger partial charge < -0.3 is 9.84 Å². The maximum atomic E-state index is 10.9. The monoisotopic (exact) mass is 828 g/mol. The summed E-state index contributed by atoms with van der Waals surface area (Å²) in [6, 6.07) is 10.1. The second kappa shape index (κ2) is 49.7. The van der Waals surface area contributed by atoms with Gasteiger partial charge in [-0.2, -0.15) is 0 Å². The molecule has 0 amide bonds. The van der Waals surface area contributed by atoms with Crippen molar-refractivity contribution < 1.29 is 33.8 Å². The summed E-state index contributed by atoms with van der Waals surface area (Å²) in [6.45, 7) is 35.3. The van der Waals surface area contributed by atoms with Crippen molar-refractivity contribution in [2.24, 2.45) is 0 Å². The van der Waals surface area contributed by atoms with Crippen molar-refractivity contribution >= 4 is 28.9 Å². The van der Waals surface area contributed by atoms with Crippen LogP contribution in [0.1, 0.15) is 155 Å². The van der Waals surface area contributed by atoms with Crippen LogP contribution in [0.3, 0.4) is 0 Å². The highest BCUT2D eigenvalue weighted by Gasteiger charge is 2.05. The molecule has 0 atom stereocenters. The Balaban J connectivity index is -0.0000000918. The summed E-state index contributed by atoms with van der Waals surface area (Å²) < 4.78 is 4.91. The van der Waals surface area contributed by atoms with Crippen molar-refractivity contribution in [3.05, 3.63) is 96.7 Å². The van der Waals surface area contributed by atoms with Gasteiger partial charge in [-0.15, -0.1) is 0 Å². The number of carbonyl (C=O) groups excluding carboxylic acids is 5. The lowest BCUT2D eigenvalue weighted by atomic mass is 10.0. The van der Waals surface area contributed by atoms with Crippen LogP contribution in [-0.2, 0) is 35.1 Å². The molecule has 0 saturated heterocycles. The topological polar surface area (TPSA) is 118 Å². The van der Waals surface area contributed by atoms with Crippen LogP contribution >= 0.6 is 0 Å². The standard InChI is InChI=1S/C12H14O.C11H16O2.C10H18O2.C9H17NO.C5H8O.4CH4/c1-10(11(2)13)8-9-12-6-4-3-5-7-12;1-10(11(2)13)8-6-4-3-5-7-9-12;1-9(10(2)11)7-5-4-6-8-12-3;1-5-10(6-2)7-8(3)9(4)11;1-4(2)5(3)6;;;;/h3-7H,1,8-9H2,2H3;12H,1,3-6,8H2,2H3;1,4-8H2,2-3H3;3,5-7H2,1-2,4H3;1H2,2-3H3;4*1H4. The highest BCUT2D eigenvalue weighted by atomic mass is 16.5. The molecule has 1 N–H and O–H groups in total. The zero-order chi connectivity index (χ0) is 43.2. The Kier molecular flexibility index (Phi) is 60.8. The number of methoxy groups -OCH3 is 1. The SMILES string of the molecule is C.C.C.C.C=C(C)C(C)=O.C=C(CCCCCC#CO)C(C)=O.C=C(CCCCCOC)C(C)=O.C=C(CCc1ccccc1)C(C)=O.C=C(CN(CC)CC)C(C)=O. The van der Waals surface area contributed by atoms with Crippen molar-refractivity contribution in [1.82, 2.24) is 4.90 Å². The van der Waals surface area contributed by atoms with E-state index in [2.05, 4.69) is 69.7 Å². The number of Topliss-reactive ketones (excluding diaryl/α,β-unsaturated/α-hetero) is 5. The molecule has 8 nitrogen and oxygen atoms in total. The molecule has 0 heterocycles. The molecule has 0 saturated carbocycles. The van der Waals surface area contributed by atoms with Gasteiger partial charge in [0, 0.05) is 32.3 Å². The Morgan fingerprint density at radius 2 is 0.983 bits per heavy atom. The molecule has 0 spiro atoms. The third-order valence-electron chi connectivity index (χ3n) is 8.15. The number of aliphatic hydroxyl groups excluding tert-OH is 1. The minimum Gasteiger partial charge on any atom is -0.462 e. The first-order valence-electron chi connectivity index (χ1n) is 19.1. The Bertz CT molecular complexity index is 1380. The summed E-state index contributed by atoms with van der Waals surface area (Å²) in [5.74, 6) is 3.02. The first-order valence-corrected chi connectivity index (χ1v) is 19.1. The molecule has 1 aromatic rings. The van der Waals surface area contributed by atoms with Crippen LogP contribution in [0.2, 0.25) is 0 Å². The number of likely N-dealkylation sites (N-methyl/N-ethyl adjacent to an activating group) is 1. The van der Waals surface area contributed by atoms with Gasteiger partial charge in [0.05, 0.1) is 0 Å². The number of aryl methyl sites for hydroxylation is 1. The largest absolute Gasteiger partial charge is 0.462 e. The molecule has 340 valence electrons. The third kappa shape index (κ3) is 53.5. The molecular weight excluding hydrogens is 739 g/mol. The van der Waals surface area contributed by atoms with Gasteiger partial charge in [0.15, 0.2) is 28.9 Å². The number of hydrogen-bond acceptors (Lipinski definition) is 8. The van der Waals surface area contributed by atoms with Crippen molar-refractivity contribution in [2.45, 2.75) is 156 Å². The van der Waals surface area contributed by atoms with E-state index >= 15 is 0 Å². The van der Waals surface area contributed by atoms with E-state index in [4.69, 9.17) is 9.84 Å². The third-order valence-corrected chi connectivity index (χ3v) is 8.15. The summed E-state index contributed by atoms with van der Waals surface area (Å²) in [4.78, 5) is 55.4. The number of benzene rings is 1. The summed E-state index contributed by atoms with van der Waals surface area (Å²) in [5, 5.41) is 8.16. The molecule has 0 radical (unpaired) electrons. The lowest BCUT2D eigenvalue weighted by molar-refractivity contribution is -0.114. The van der Waals surface area contributed by atoms with Gasteiger partial charge in [-0.05, 0) is 134 Å². The fourth-order valence-electron chi connectivity index (χ4n) is 3.84. The quantitative estimate of drug-likeness (QED) is 0.0658. The summed E-state index contributed by atoms with van der Waals surface area (Å²) in [6.07, 6.45) is 12.1. The molecule has 0 unspecified atom stereocenters. The molecule has 0 aliphatic carbocycles. The molecule has 8 heteroatoms. The van der Waals surface area contributed by atoms with Crippen molar-refractivity contribution in [3.63, 3.8) is 0 Å². The van der Waals surface area contributed by atoms with Crippen LogP contribution in [0.25, 0.3) is 0 Å². The van der Waals surface area contributed by atoms with Gasteiger partial charge in [0.25, 0.3) is 0 Å². The Labute approximate surface area is 364 Å². The lowest BCUT2D eigenvalue weighted by Crippen LogP contribution is -2.26. The predicted molar refractivity (Wildman–Crippen MR) is 257 cm³/mol. The lowest BCUT2D eigenvalue weighted by Gasteiger charge is -2.17. The van der Waals surface area contributed by atoms with Crippen LogP contribution in [0.15, 0.2) is 91.1 Å². The zero-order valence-electron chi connectivity index (χ0n) is 35.9. The smallest absolute Gasteiger partial charge is 0.156 e. The molecular formula is C51H89NO7. The normalized spacial score (nSPS) is 8.71. The summed E-state index contributed by atoms with van der Waals surface area (Å²) in [7, 11) is 1.70. The number of nitrogens with zero attached hydrogens (tertiary/aromatic N) is 1. The Morgan fingerprint density at radius 1 is 0.593 bits per heavy atom. The van der Waals surface area contributed by atoms with Crippen LogP contribution in [0.5, 0.6) is 0 Å². The maximum Gasteiger partial charge on any atom is 0.156 e. The number of ketones is 5. The fourth-order valence-corrected chi connectivity index (χ4v) is 3.84. The predicted octanol–water partition coefficient (Wildman–Crippen LogP) is 12.7. The Morgan fingerprint density at radius 3 is 1.32 bits per heavy atom. The fraction of sp³-hybridized carbons (Fsp3) is 0.549. The number of unbranched alkanes of at least 4 members (excludes halogenated alkanes) is 5. The zero-order valence-corrected chi connectivity index (χ0v) is 35.9. The summed E-state index contributed by atoms with van der Waals surface area (Å²) in [5.41, 5.74) is 4.73. The van der Waals surface area contributed by atoms with Crippen LogP contribution in [-0.4, -0.2) is 72.3 Å². The van der Waals surface area contributed by atoms with Gasteiger partial charge in [-0.1, -0.05) is 126 Å². The number of rotatable bonds is 23. The average molecular weight is 828 g/mol.